The summed E-state index contributed by atoms with van der Waals surface area (Å²) in [5, 5.41) is 4.50. The van der Waals surface area contributed by atoms with Gasteiger partial charge in [-0.15, -0.1) is 0 Å². The average molecular weight is 213 g/mol. The first-order chi connectivity index (χ1) is 6.95. The second-order valence-corrected chi connectivity index (χ2v) is 4.95. The van der Waals surface area contributed by atoms with Crippen LogP contribution in [0, 0.1) is 0 Å². The van der Waals surface area contributed by atoms with Gasteiger partial charge in [0, 0.05) is 25.4 Å². The average Bonchev–Trinajstić information content (AvgIpc) is 2.72. The highest BCUT2D eigenvalue weighted by atomic mass is 32.2. The van der Waals surface area contributed by atoms with E-state index in [1.807, 2.05) is 11.8 Å². The van der Waals surface area contributed by atoms with E-state index in [0.717, 1.165) is 18.3 Å². The SMILES string of the molecule is C1CN=C(SCCN2CCCC2)NC1. The van der Waals surface area contributed by atoms with Gasteiger partial charge < -0.3 is 10.2 Å². The van der Waals surface area contributed by atoms with Crippen molar-refractivity contribution in [3.05, 3.63) is 0 Å². The van der Waals surface area contributed by atoms with Crippen molar-refractivity contribution in [3.8, 4) is 0 Å². The number of thioether (sulfide) groups is 1. The molecule has 4 heteroatoms. The lowest BCUT2D eigenvalue weighted by atomic mass is 10.4. The quantitative estimate of drug-likeness (QED) is 0.762. The van der Waals surface area contributed by atoms with Crippen molar-refractivity contribution in [1.82, 2.24) is 10.2 Å². The van der Waals surface area contributed by atoms with Crippen LogP contribution in [0.4, 0.5) is 0 Å². The number of amidine groups is 1. The van der Waals surface area contributed by atoms with Crippen LogP contribution in [-0.2, 0) is 0 Å². The molecule has 1 N–H and O–H groups in total. The minimum absolute atomic E-state index is 1.01. The van der Waals surface area contributed by atoms with Crippen LogP contribution in [0.25, 0.3) is 0 Å². The molecule has 0 unspecified atom stereocenters. The van der Waals surface area contributed by atoms with Crippen molar-refractivity contribution in [2.45, 2.75) is 19.3 Å². The van der Waals surface area contributed by atoms with Crippen LogP contribution in [-0.4, -0.2) is 48.5 Å². The first-order valence-electron chi connectivity index (χ1n) is 5.58. The summed E-state index contributed by atoms with van der Waals surface area (Å²) < 4.78 is 0. The van der Waals surface area contributed by atoms with E-state index in [0.29, 0.717) is 0 Å². The first-order valence-corrected chi connectivity index (χ1v) is 6.57. The number of likely N-dealkylation sites (tertiary alicyclic amines) is 1. The van der Waals surface area contributed by atoms with Gasteiger partial charge in [0.2, 0.25) is 0 Å². The fraction of sp³-hybridized carbons (Fsp3) is 0.900. The summed E-state index contributed by atoms with van der Waals surface area (Å²) in [6, 6.07) is 0. The molecule has 3 nitrogen and oxygen atoms in total. The zero-order valence-electron chi connectivity index (χ0n) is 8.67. The zero-order chi connectivity index (χ0) is 9.64. The lowest BCUT2D eigenvalue weighted by Crippen LogP contribution is -2.29. The van der Waals surface area contributed by atoms with Crippen molar-refractivity contribution >= 4 is 16.9 Å². The minimum Gasteiger partial charge on any atom is -0.365 e. The van der Waals surface area contributed by atoms with Crippen LogP contribution in [0.2, 0.25) is 0 Å². The van der Waals surface area contributed by atoms with Crippen molar-refractivity contribution in [3.63, 3.8) is 0 Å². The van der Waals surface area contributed by atoms with Gasteiger partial charge in [0.15, 0.2) is 5.17 Å². The summed E-state index contributed by atoms with van der Waals surface area (Å²) in [7, 11) is 0. The fourth-order valence-electron chi connectivity index (χ4n) is 1.89. The Labute approximate surface area is 90.3 Å². The molecule has 80 valence electrons. The van der Waals surface area contributed by atoms with Gasteiger partial charge in [-0.05, 0) is 32.4 Å². The van der Waals surface area contributed by atoms with Gasteiger partial charge in [-0.1, -0.05) is 11.8 Å². The smallest absolute Gasteiger partial charge is 0.156 e. The van der Waals surface area contributed by atoms with Crippen LogP contribution in [0.15, 0.2) is 4.99 Å². The van der Waals surface area contributed by atoms with E-state index >= 15 is 0 Å². The van der Waals surface area contributed by atoms with Gasteiger partial charge in [0.25, 0.3) is 0 Å². The van der Waals surface area contributed by atoms with Crippen LogP contribution < -0.4 is 5.32 Å². The Morgan fingerprint density at radius 3 is 2.86 bits per heavy atom. The van der Waals surface area contributed by atoms with Gasteiger partial charge in [0.1, 0.15) is 0 Å². The number of hydrogen-bond acceptors (Lipinski definition) is 4. The third-order valence-corrected chi connectivity index (χ3v) is 3.65. The molecule has 0 amide bonds. The van der Waals surface area contributed by atoms with Crippen molar-refractivity contribution < 1.29 is 0 Å². The number of nitrogens with zero attached hydrogens (tertiary/aromatic N) is 2. The number of aliphatic imine (C=N–C) groups is 1. The molecule has 0 aromatic carbocycles. The maximum atomic E-state index is 4.44. The molecular weight excluding hydrogens is 194 g/mol. The van der Waals surface area contributed by atoms with E-state index in [1.165, 1.54) is 44.6 Å². The highest BCUT2D eigenvalue weighted by Crippen LogP contribution is 2.10. The molecule has 0 aliphatic carbocycles. The maximum Gasteiger partial charge on any atom is 0.156 e. The first kappa shape index (κ1) is 10.3. The van der Waals surface area contributed by atoms with E-state index in [2.05, 4.69) is 15.2 Å². The van der Waals surface area contributed by atoms with E-state index in [4.69, 9.17) is 0 Å². The third-order valence-electron chi connectivity index (χ3n) is 2.71. The van der Waals surface area contributed by atoms with Gasteiger partial charge in [0.05, 0.1) is 0 Å². The van der Waals surface area contributed by atoms with Crippen molar-refractivity contribution in [2.75, 3.05) is 38.5 Å². The summed E-state index contributed by atoms with van der Waals surface area (Å²) in [6.07, 6.45) is 3.98. The fourth-order valence-corrected chi connectivity index (χ4v) is 2.81. The normalized spacial score (nSPS) is 23.3. The minimum atomic E-state index is 1.01. The summed E-state index contributed by atoms with van der Waals surface area (Å²) in [6.45, 7) is 5.96. The lowest BCUT2D eigenvalue weighted by Gasteiger charge is -2.16. The van der Waals surface area contributed by atoms with Crippen molar-refractivity contribution in [2.24, 2.45) is 4.99 Å². The molecule has 2 rings (SSSR count). The third kappa shape index (κ3) is 3.17. The highest BCUT2D eigenvalue weighted by molar-refractivity contribution is 8.13. The van der Waals surface area contributed by atoms with Crippen LogP contribution in [0.5, 0.6) is 0 Å². The van der Waals surface area contributed by atoms with E-state index < -0.39 is 0 Å². The molecule has 1 saturated heterocycles. The van der Waals surface area contributed by atoms with Crippen LogP contribution in [0.1, 0.15) is 19.3 Å². The van der Waals surface area contributed by atoms with E-state index in [-0.39, 0.29) is 0 Å². The number of nitrogens with one attached hydrogen (secondary N) is 1. The Kier molecular flexibility index (Phi) is 4.13. The van der Waals surface area contributed by atoms with Crippen LogP contribution >= 0.6 is 11.8 Å². The molecule has 2 aliphatic heterocycles. The molecule has 0 spiro atoms. The molecule has 2 heterocycles. The van der Waals surface area contributed by atoms with Crippen LogP contribution in [0.3, 0.4) is 0 Å². The second-order valence-electron chi connectivity index (χ2n) is 3.86. The Hall–Kier alpha value is -0.220. The van der Waals surface area contributed by atoms with Gasteiger partial charge >= 0.3 is 0 Å². The molecule has 0 atom stereocenters. The molecule has 0 radical (unpaired) electrons. The molecule has 0 aromatic rings. The Morgan fingerprint density at radius 2 is 2.14 bits per heavy atom. The second kappa shape index (κ2) is 5.61. The molecule has 0 aromatic heterocycles. The molecule has 2 aliphatic rings. The van der Waals surface area contributed by atoms with Gasteiger partial charge in [-0.3, -0.25) is 4.99 Å². The summed E-state index contributed by atoms with van der Waals surface area (Å²) in [5.41, 5.74) is 0. The van der Waals surface area contributed by atoms with E-state index in [9.17, 15) is 0 Å². The zero-order valence-corrected chi connectivity index (χ0v) is 9.48. The lowest BCUT2D eigenvalue weighted by molar-refractivity contribution is 0.362. The topological polar surface area (TPSA) is 27.6 Å². The predicted molar refractivity (Wildman–Crippen MR) is 63.1 cm³/mol. The highest BCUT2D eigenvalue weighted by Gasteiger charge is 2.11. The van der Waals surface area contributed by atoms with Gasteiger partial charge in [-0.2, -0.15) is 0 Å². The molecule has 1 fully saturated rings. The Bertz CT molecular complexity index is 200. The van der Waals surface area contributed by atoms with Crippen molar-refractivity contribution in [1.29, 1.82) is 0 Å². The molecular formula is C10H19N3S. The standard InChI is InChI=1S/C10H19N3S/c1-2-7-13(6-1)8-9-14-10-11-4-3-5-12-10/h1-9H2,(H,11,12). The molecule has 0 saturated carbocycles. The number of rotatable bonds is 3. The summed E-state index contributed by atoms with van der Waals surface area (Å²) >= 11 is 1.88. The summed E-state index contributed by atoms with van der Waals surface area (Å²) in [5.74, 6) is 1.19. The molecule has 14 heavy (non-hydrogen) atoms. The summed E-state index contributed by atoms with van der Waals surface area (Å²) in [4.78, 5) is 7.00. The predicted octanol–water partition coefficient (Wildman–Crippen LogP) is 1.16. The maximum absolute atomic E-state index is 4.44. The Morgan fingerprint density at radius 1 is 1.29 bits per heavy atom. The Balaban J connectivity index is 1.59. The van der Waals surface area contributed by atoms with Gasteiger partial charge in [-0.25, -0.2) is 0 Å². The number of hydrogen-bond donors (Lipinski definition) is 1. The largest absolute Gasteiger partial charge is 0.365 e. The molecule has 0 bridgehead atoms. The van der Waals surface area contributed by atoms with E-state index in [1.54, 1.807) is 0 Å². The monoisotopic (exact) mass is 213 g/mol.